The molecule has 0 aliphatic carbocycles. The number of halogens is 1. The Morgan fingerprint density at radius 3 is 2.61 bits per heavy atom. The monoisotopic (exact) mass is 308 g/mol. The average molecular weight is 308 g/mol. The zero-order valence-electron chi connectivity index (χ0n) is 12.9. The van der Waals surface area contributed by atoms with Crippen LogP contribution < -0.4 is 4.90 Å². The molecule has 23 heavy (non-hydrogen) atoms. The predicted molar refractivity (Wildman–Crippen MR) is 89.4 cm³/mol. The van der Waals surface area contributed by atoms with Gasteiger partial charge in [0.05, 0.1) is 5.52 Å². The summed E-state index contributed by atoms with van der Waals surface area (Å²) < 4.78 is 16.1. The van der Waals surface area contributed by atoms with Gasteiger partial charge >= 0.3 is 0 Å². The Bertz CT molecular complexity index is 899. The molecule has 0 fully saturated rings. The van der Waals surface area contributed by atoms with Gasteiger partial charge in [-0.05, 0) is 37.1 Å². The fourth-order valence-electron chi connectivity index (χ4n) is 3.56. The molecule has 0 radical (unpaired) electrons. The van der Waals surface area contributed by atoms with Crippen molar-refractivity contribution >= 4 is 22.5 Å². The lowest BCUT2D eigenvalue weighted by Gasteiger charge is -2.28. The Labute approximate surface area is 133 Å². The van der Waals surface area contributed by atoms with Crippen LogP contribution in [-0.4, -0.2) is 17.0 Å². The highest BCUT2D eigenvalue weighted by atomic mass is 19.1. The van der Waals surface area contributed by atoms with Gasteiger partial charge < -0.3 is 9.47 Å². The maximum absolute atomic E-state index is 14.3. The Morgan fingerprint density at radius 1 is 1.09 bits per heavy atom. The molecule has 0 bridgehead atoms. The average Bonchev–Trinajstić information content (AvgIpc) is 2.92. The smallest absolute Gasteiger partial charge is 0.275 e. The van der Waals surface area contributed by atoms with E-state index in [2.05, 4.69) is 0 Å². The van der Waals surface area contributed by atoms with Crippen molar-refractivity contribution in [3.63, 3.8) is 0 Å². The fraction of sp³-hybridized carbons (Fsp3) is 0.211. The highest BCUT2D eigenvalue weighted by Gasteiger charge is 2.32. The number of aromatic nitrogens is 1. The number of aryl methyl sites for hydroxylation is 1. The molecule has 1 amide bonds. The lowest BCUT2D eigenvalue weighted by molar-refractivity contribution is 0.0972. The van der Waals surface area contributed by atoms with E-state index in [9.17, 15) is 9.18 Å². The summed E-state index contributed by atoms with van der Waals surface area (Å²) in [5.41, 5.74) is 3.03. The van der Waals surface area contributed by atoms with Crippen LogP contribution in [0.1, 0.15) is 23.0 Å². The molecule has 3 nitrogen and oxygen atoms in total. The molecule has 4 heteroatoms. The minimum absolute atomic E-state index is 0.0464. The number of para-hydroxylation sites is 2. The van der Waals surface area contributed by atoms with Crippen molar-refractivity contribution in [1.82, 2.24) is 4.57 Å². The third-order valence-corrected chi connectivity index (χ3v) is 4.55. The van der Waals surface area contributed by atoms with Crippen molar-refractivity contribution in [2.75, 3.05) is 11.4 Å². The van der Waals surface area contributed by atoms with E-state index in [1.54, 1.807) is 11.0 Å². The Balaban J connectivity index is 1.93. The summed E-state index contributed by atoms with van der Waals surface area (Å²) in [4.78, 5) is 14.8. The van der Waals surface area contributed by atoms with Gasteiger partial charge in [0.1, 0.15) is 11.5 Å². The summed E-state index contributed by atoms with van der Waals surface area (Å²) in [6.45, 7) is 3.14. The number of rotatable bonds is 2. The molecule has 4 rings (SSSR count). The topological polar surface area (TPSA) is 25.2 Å². The Kier molecular flexibility index (Phi) is 3.18. The standard InChI is InChI=1S/C19H17FN2O/c1-2-21-17-14(9-6-10-16(17)20)15-11-12-22(19(23)18(15)21)13-7-4-3-5-8-13/h3-10H,2,11-12H2,1H3. The summed E-state index contributed by atoms with van der Waals surface area (Å²) in [5.74, 6) is -0.312. The van der Waals surface area contributed by atoms with Crippen LogP contribution in [0.3, 0.4) is 0 Å². The highest BCUT2D eigenvalue weighted by molar-refractivity contribution is 6.11. The van der Waals surface area contributed by atoms with E-state index in [1.165, 1.54) is 6.07 Å². The van der Waals surface area contributed by atoms with Crippen molar-refractivity contribution in [3.8, 4) is 0 Å². The number of carbonyl (C=O) groups excluding carboxylic acids is 1. The summed E-state index contributed by atoms with van der Waals surface area (Å²) in [6.07, 6.45) is 0.739. The first-order valence-corrected chi connectivity index (χ1v) is 7.89. The maximum Gasteiger partial charge on any atom is 0.275 e. The summed E-state index contributed by atoms with van der Waals surface area (Å²) >= 11 is 0. The van der Waals surface area contributed by atoms with E-state index in [1.807, 2.05) is 47.9 Å². The van der Waals surface area contributed by atoms with Crippen molar-refractivity contribution in [2.24, 2.45) is 0 Å². The molecular weight excluding hydrogens is 291 g/mol. The van der Waals surface area contributed by atoms with Gasteiger partial charge in [-0.15, -0.1) is 0 Å². The van der Waals surface area contributed by atoms with Gasteiger partial charge in [-0.3, -0.25) is 4.79 Å². The molecule has 0 spiro atoms. The third kappa shape index (κ3) is 1.98. The van der Waals surface area contributed by atoms with Gasteiger partial charge in [-0.25, -0.2) is 4.39 Å². The van der Waals surface area contributed by atoms with Gasteiger partial charge in [0.2, 0.25) is 0 Å². The second kappa shape index (κ2) is 5.23. The molecule has 3 aromatic rings. The fourth-order valence-corrected chi connectivity index (χ4v) is 3.56. The zero-order chi connectivity index (χ0) is 16.0. The molecule has 2 heterocycles. The van der Waals surface area contributed by atoms with Crippen LogP contribution in [0.2, 0.25) is 0 Å². The number of nitrogens with zero attached hydrogens (tertiary/aromatic N) is 2. The molecule has 1 aliphatic heterocycles. The summed E-state index contributed by atoms with van der Waals surface area (Å²) in [5, 5.41) is 0.864. The van der Waals surface area contributed by atoms with E-state index >= 15 is 0 Å². The van der Waals surface area contributed by atoms with E-state index < -0.39 is 0 Å². The first-order valence-electron chi connectivity index (χ1n) is 7.89. The van der Waals surface area contributed by atoms with Gasteiger partial charge in [0, 0.05) is 24.2 Å². The summed E-state index contributed by atoms with van der Waals surface area (Å²) in [6, 6.07) is 14.7. The molecule has 0 atom stereocenters. The van der Waals surface area contributed by atoms with Crippen LogP contribution in [0, 0.1) is 5.82 Å². The van der Waals surface area contributed by atoms with Crippen LogP contribution in [0.15, 0.2) is 48.5 Å². The van der Waals surface area contributed by atoms with E-state index in [0.29, 0.717) is 24.3 Å². The molecular formula is C19H17FN2O. The number of carbonyl (C=O) groups is 1. The zero-order valence-corrected chi connectivity index (χ0v) is 12.9. The molecule has 0 N–H and O–H groups in total. The molecule has 116 valence electrons. The number of fused-ring (bicyclic) bond motifs is 3. The van der Waals surface area contributed by atoms with E-state index in [0.717, 1.165) is 23.1 Å². The molecule has 0 saturated carbocycles. The van der Waals surface area contributed by atoms with Crippen LogP contribution in [0.25, 0.3) is 10.9 Å². The summed E-state index contributed by atoms with van der Waals surface area (Å²) in [7, 11) is 0. The number of benzene rings is 2. The number of hydrogen-bond donors (Lipinski definition) is 0. The molecule has 0 unspecified atom stereocenters. The maximum atomic E-state index is 14.3. The van der Waals surface area contributed by atoms with Crippen LogP contribution in [-0.2, 0) is 13.0 Å². The number of hydrogen-bond acceptors (Lipinski definition) is 1. The first kappa shape index (κ1) is 14.0. The van der Waals surface area contributed by atoms with Crippen LogP contribution >= 0.6 is 0 Å². The minimum atomic E-state index is -0.266. The number of amides is 1. The van der Waals surface area contributed by atoms with Gasteiger partial charge in [0.15, 0.2) is 0 Å². The number of anilines is 1. The van der Waals surface area contributed by atoms with Gasteiger partial charge in [-0.2, -0.15) is 0 Å². The van der Waals surface area contributed by atoms with Crippen molar-refractivity contribution < 1.29 is 9.18 Å². The lowest BCUT2D eigenvalue weighted by Crippen LogP contribution is -2.38. The van der Waals surface area contributed by atoms with Crippen LogP contribution in [0.5, 0.6) is 0 Å². The van der Waals surface area contributed by atoms with Crippen molar-refractivity contribution in [3.05, 3.63) is 65.6 Å². The Morgan fingerprint density at radius 2 is 1.87 bits per heavy atom. The highest BCUT2D eigenvalue weighted by Crippen LogP contribution is 2.33. The lowest BCUT2D eigenvalue weighted by atomic mass is 10.0. The minimum Gasteiger partial charge on any atom is -0.334 e. The quantitative estimate of drug-likeness (QED) is 0.702. The molecule has 1 aliphatic rings. The second-order valence-electron chi connectivity index (χ2n) is 5.75. The second-order valence-corrected chi connectivity index (χ2v) is 5.75. The van der Waals surface area contributed by atoms with Crippen molar-refractivity contribution in [1.29, 1.82) is 0 Å². The largest absolute Gasteiger partial charge is 0.334 e. The van der Waals surface area contributed by atoms with E-state index in [4.69, 9.17) is 0 Å². The predicted octanol–water partition coefficient (Wildman–Crippen LogP) is 4.00. The SMILES string of the molecule is CCn1c2c(c3cccc(F)c31)CCN(c1ccccc1)C2=O. The Hall–Kier alpha value is -2.62. The molecule has 2 aromatic carbocycles. The molecule has 1 aromatic heterocycles. The van der Waals surface area contributed by atoms with E-state index in [-0.39, 0.29) is 11.7 Å². The van der Waals surface area contributed by atoms with Crippen molar-refractivity contribution in [2.45, 2.75) is 19.9 Å². The first-order chi connectivity index (χ1) is 11.2. The molecule has 0 saturated heterocycles. The van der Waals surface area contributed by atoms with Crippen LogP contribution in [0.4, 0.5) is 10.1 Å². The van der Waals surface area contributed by atoms with Gasteiger partial charge in [-0.1, -0.05) is 30.3 Å². The van der Waals surface area contributed by atoms with Gasteiger partial charge in [0.25, 0.3) is 5.91 Å². The third-order valence-electron chi connectivity index (χ3n) is 4.55. The normalized spacial score (nSPS) is 14.3.